The van der Waals surface area contributed by atoms with Crippen LogP contribution < -0.4 is 10.1 Å². The average molecular weight is 583 g/mol. The molecule has 2 aliphatic heterocycles. The van der Waals surface area contributed by atoms with Gasteiger partial charge in [0.25, 0.3) is 11.8 Å². The van der Waals surface area contributed by atoms with Crippen molar-refractivity contribution in [1.82, 2.24) is 30.1 Å². The molecule has 13 heteroatoms. The van der Waals surface area contributed by atoms with Crippen molar-refractivity contribution < 1.29 is 31.9 Å². The first kappa shape index (κ1) is 30.7. The molecule has 0 saturated carbocycles. The van der Waals surface area contributed by atoms with E-state index in [1.807, 2.05) is 5.32 Å². The molecule has 226 valence electrons. The van der Waals surface area contributed by atoms with E-state index in [1.54, 1.807) is 4.90 Å². The first-order chi connectivity index (χ1) is 19.7. The van der Waals surface area contributed by atoms with E-state index >= 15 is 0 Å². The lowest BCUT2D eigenvalue weighted by molar-refractivity contribution is -0.123. The number of halogens is 4. The lowest BCUT2D eigenvalue weighted by Gasteiger charge is -2.40. The van der Waals surface area contributed by atoms with Crippen molar-refractivity contribution in [3.8, 4) is 11.4 Å². The van der Waals surface area contributed by atoms with Crippen LogP contribution in [0.25, 0.3) is 5.69 Å². The van der Waals surface area contributed by atoms with Gasteiger partial charge in [-0.25, -0.2) is 4.68 Å². The molecule has 1 aromatic heterocycles. The van der Waals surface area contributed by atoms with Crippen LogP contribution in [-0.4, -0.2) is 94.8 Å². The van der Waals surface area contributed by atoms with Crippen LogP contribution in [0.4, 0.5) is 17.6 Å². The van der Waals surface area contributed by atoms with Crippen LogP contribution in [0.2, 0.25) is 0 Å². The molecule has 0 unspecified atom stereocenters. The fourth-order valence-corrected chi connectivity index (χ4v) is 5.33. The summed E-state index contributed by atoms with van der Waals surface area (Å²) < 4.78 is 57.3. The Morgan fingerprint density at radius 2 is 1.73 bits per heavy atom. The number of hydrogen-bond acceptors (Lipinski definition) is 6. The maximum atomic E-state index is 13.2. The van der Waals surface area contributed by atoms with Crippen LogP contribution >= 0.6 is 0 Å². The number of aromatic nitrogens is 3. The Hall–Kier alpha value is -3.22. The molecule has 2 aromatic rings. The van der Waals surface area contributed by atoms with Gasteiger partial charge < -0.3 is 19.9 Å². The van der Waals surface area contributed by atoms with E-state index in [1.165, 1.54) is 48.3 Å². The van der Waals surface area contributed by atoms with Crippen molar-refractivity contribution in [2.75, 3.05) is 46.0 Å². The van der Waals surface area contributed by atoms with Gasteiger partial charge >= 0.3 is 6.18 Å². The largest absolute Gasteiger partial charge is 0.491 e. The molecule has 1 N–H and O–H groups in total. The maximum Gasteiger partial charge on any atom is 0.405 e. The standard InChI is InChI=1S/C28H38F4N6O3/c29-12-4-1-2-7-17-41-25-18-21(26(39)33-20-28(30,31)32)8-9-24(25)38-19-23(34-35-38)27(40)37-15-10-22(11-16-37)36-13-5-3-6-14-36/h8-9,18-19,22H,1-7,10-17,20H2,(H,33,39). The predicted molar refractivity (Wildman–Crippen MR) is 144 cm³/mol. The van der Waals surface area contributed by atoms with Gasteiger partial charge in [0.2, 0.25) is 0 Å². The number of carbonyl (C=O) groups is 2. The Balaban J connectivity index is 1.43. The van der Waals surface area contributed by atoms with Crippen LogP contribution in [0.1, 0.15) is 78.6 Å². The lowest BCUT2D eigenvalue weighted by Crippen LogP contribution is -2.48. The van der Waals surface area contributed by atoms with Crippen LogP contribution in [0.3, 0.4) is 0 Å². The Labute approximate surface area is 237 Å². The minimum Gasteiger partial charge on any atom is -0.491 e. The van der Waals surface area contributed by atoms with E-state index in [0.29, 0.717) is 44.1 Å². The minimum atomic E-state index is -4.54. The summed E-state index contributed by atoms with van der Waals surface area (Å²) in [4.78, 5) is 29.9. The zero-order chi connectivity index (χ0) is 29.2. The molecule has 0 bridgehead atoms. The monoisotopic (exact) mass is 582 g/mol. The quantitative estimate of drug-likeness (QED) is 0.292. The Morgan fingerprint density at radius 1 is 1.00 bits per heavy atom. The molecule has 0 spiro atoms. The summed E-state index contributed by atoms with van der Waals surface area (Å²) in [5.74, 6) is -0.905. The van der Waals surface area contributed by atoms with Gasteiger partial charge in [-0.05, 0) is 76.2 Å². The maximum absolute atomic E-state index is 13.2. The van der Waals surface area contributed by atoms with Crippen LogP contribution in [0, 0.1) is 0 Å². The number of hydrogen-bond donors (Lipinski definition) is 1. The normalized spacial score (nSPS) is 17.0. The van der Waals surface area contributed by atoms with Crippen molar-refractivity contribution in [1.29, 1.82) is 0 Å². The summed E-state index contributed by atoms with van der Waals surface area (Å²) in [6.07, 6.45) is 5.06. The van der Waals surface area contributed by atoms with Gasteiger partial charge in [0.05, 0.1) is 19.5 Å². The summed E-state index contributed by atoms with van der Waals surface area (Å²) in [5.41, 5.74) is 0.542. The summed E-state index contributed by atoms with van der Waals surface area (Å²) >= 11 is 0. The number of benzene rings is 1. The number of amides is 2. The van der Waals surface area contributed by atoms with Crippen LogP contribution in [0.5, 0.6) is 5.75 Å². The van der Waals surface area contributed by atoms with Crippen molar-refractivity contribution in [3.63, 3.8) is 0 Å². The van der Waals surface area contributed by atoms with Gasteiger partial charge in [0.1, 0.15) is 18.0 Å². The smallest absolute Gasteiger partial charge is 0.405 e. The molecular formula is C28H38F4N6O3. The molecule has 4 rings (SSSR count). The molecule has 2 amide bonds. The van der Waals surface area contributed by atoms with E-state index in [2.05, 4.69) is 15.2 Å². The molecule has 0 radical (unpaired) electrons. The van der Waals surface area contributed by atoms with Crippen molar-refractivity contribution in [3.05, 3.63) is 35.7 Å². The number of piperidine rings is 2. The van der Waals surface area contributed by atoms with E-state index in [0.717, 1.165) is 32.4 Å². The topological polar surface area (TPSA) is 92.6 Å². The first-order valence-electron chi connectivity index (χ1n) is 14.4. The Morgan fingerprint density at radius 3 is 2.44 bits per heavy atom. The van der Waals surface area contributed by atoms with Gasteiger partial charge in [-0.1, -0.05) is 18.1 Å². The molecule has 1 aromatic carbocycles. The fourth-order valence-electron chi connectivity index (χ4n) is 5.33. The van der Waals surface area contributed by atoms with Gasteiger partial charge in [-0.15, -0.1) is 5.10 Å². The second-order valence-corrected chi connectivity index (χ2v) is 10.6. The van der Waals surface area contributed by atoms with Gasteiger partial charge in [-0.2, -0.15) is 13.2 Å². The number of alkyl halides is 4. The number of carbonyl (C=O) groups excluding carboxylic acids is 2. The zero-order valence-electron chi connectivity index (χ0n) is 23.2. The van der Waals surface area contributed by atoms with E-state index < -0.39 is 18.6 Å². The molecule has 2 aliphatic rings. The van der Waals surface area contributed by atoms with Crippen molar-refractivity contribution >= 4 is 11.8 Å². The number of nitrogens with zero attached hydrogens (tertiary/aromatic N) is 5. The Bertz CT molecular complexity index is 1140. The summed E-state index contributed by atoms with van der Waals surface area (Å²) in [6, 6.07) is 4.70. The lowest BCUT2D eigenvalue weighted by atomic mass is 10.00. The van der Waals surface area contributed by atoms with E-state index in [4.69, 9.17) is 4.74 Å². The summed E-state index contributed by atoms with van der Waals surface area (Å²) in [7, 11) is 0. The molecule has 41 heavy (non-hydrogen) atoms. The number of ether oxygens (including phenoxy) is 1. The molecule has 2 fully saturated rings. The fraction of sp³-hybridized carbons (Fsp3) is 0.643. The SMILES string of the molecule is O=C(NCC(F)(F)F)c1ccc(-n2cc(C(=O)N3CCC(N4CCCCC4)CC3)nn2)c(OCCCCCCF)c1. The number of nitrogens with one attached hydrogen (secondary N) is 1. The predicted octanol–water partition coefficient (Wildman–Crippen LogP) is 4.56. The third-order valence-corrected chi connectivity index (χ3v) is 7.57. The number of unbranched alkanes of at least 4 members (excludes halogenated alkanes) is 3. The van der Waals surface area contributed by atoms with Gasteiger partial charge in [0, 0.05) is 24.7 Å². The van der Waals surface area contributed by atoms with Gasteiger partial charge in [0.15, 0.2) is 5.69 Å². The highest BCUT2D eigenvalue weighted by atomic mass is 19.4. The third kappa shape index (κ3) is 8.88. The average Bonchev–Trinajstić information content (AvgIpc) is 3.47. The number of likely N-dealkylation sites (tertiary alicyclic amines) is 2. The molecular weight excluding hydrogens is 544 g/mol. The summed E-state index contributed by atoms with van der Waals surface area (Å²) in [5, 5.41) is 10.0. The second kappa shape index (κ2) is 14.6. The van der Waals surface area contributed by atoms with Crippen molar-refractivity contribution in [2.45, 2.75) is 70.0 Å². The second-order valence-electron chi connectivity index (χ2n) is 10.6. The van der Waals surface area contributed by atoms with Crippen molar-refractivity contribution in [2.24, 2.45) is 0 Å². The first-order valence-corrected chi connectivity index (χ1v) is 14.4. The molecule has 0 atom stereocenters. The van der Waals surface area contributed by atoms with Gasteiger partial charge in [-0.3, -0.25) is 14.0 Å². The number of rotatable bonds is 12. The molecule has 2 saturated heterocycles. The van der Waals surface area contributed by atoms with E-state index in [-0.39, 0.29) is 36.2 Å². The van der Waals surface area contributed by atoms with E-state index in [9.17, 15) is 27.2 Å². The summed E-state index contributed by atoms with van der Waals surface area (Å²) in [6.45, 7) is 1.94. The highest BCUT2D eigenvalue weighted by Gasteiger charge is 2.30. The zero-order valence-corrected chi connectivity index (χ0v) is 23.2. The highest BCUT2D eigenvalue weighted by Crippen LogP contribution is 2.26. The minimum absolute atomic E-state index is 0.0154. The molecule has 0 aliphatic carbocycles. The molecule has 3 heterocycles. The Kier molecular flexibility index (Phi) is 10.9. The third-order valence-electron chi connectivity index (χ3n) is 7.57. The van der Waals surface area contributed by atoms with Crippen LogP contribution in [0.15, 0.2) is 24.4 Å². The van der Waals surface area contributed by atoms with Crippen LogP contribution in [-0.2, 0) is 0 Å². The molecule has 9 nitrogen and oxygen atoms in total. The highest BCUT2D eigenvalue weighted by molar-refractivity contribution is 5.95.